The van der Waals surface area contributed by atoms with E-state index in [1.165, 1.54) is 0 Å². The van der Waals surface area contributed by atoms with Crippen molar-refractivity contribution in [3.8, 4) is 0 Å². The molecule has 1 aliphatic rings. The van der Waals surface area contributed by atoms with Gasteiger partial charge >= 0.3 is 0 Å². The Hall–Kier alpha value is -1.18. The molecule has 1 rings (SSSR count). The van der Waals surface area contributed by atoms with Crippen LogP contribution in [0.4, 0.5) is 0 Å². The van der Waals surface area contributed by atoms with Gasteiger partial charge in [0.2, 0.25) is 0 Å². The molecule has 0 saturated heterocycles. The molecule has 0 bridgehead atoms. The summed E-state index contributed by atoms with van der Waals surface area (Å²) in [5, 5.41) is 0. The second kappa shape index (κ2) is 2.97. The van der Waals surface area contributed by atoms with Crippen molar-refractivity contribution >= 4 is 0 Å². The third-order valence-corrected chi connectivity index (χ3v) is 0.897. The van der Waals surface area contributed by atoms with Crippen LogP contribution < -0.4 is 5.48 Å². The summed E-state index contributed by atoms with van der Waals surface area (Å²) in [6, 6.07) is 0. The third-order valence-electron chi connectivity index (χ3n) is 0.897. The highest BCUT2D eigenvalue weighted by Crippen LogP contribution is 2.00. The van der Waals surface area contributed by atoms with Gasteiger partial charge in [0.1, 0.15) is 6.26 Å². The fourth-order valence-electron chi connectivity index (χ4n) is 0.535. The Kier molecular flexibility index (Phi) is 1.96. The number of rotatable bonds is 2. The molecule has 1 aliphatic heterocycles. The third kappa shape index (κ3) is 1.64. The number of hydrogen-bond donors (Lipinski definition) is 1. The van der Waals surface area contributed by atoms with Gasteiger partial charge in [0.25, 0.3) is 0 Å². The van der Waals surface area contributed by atoms with Crippen LogP contribution in [0.2, 0.25) is 0 Å². The summed E-state index contributed by atoms with van der Waals surface area (Å²) in [4.78, 5) is 4.76. The van der Waals surface area contributed by atoms with Gasteiger partial charge in [0.15, 0.2) is 0 Å². The predicted molar refractivity (Wildman–Crippen MR) is 35.9 cm³/mol. The fourth-order valence-corrected chi connectivity index (χ4v) is 0.535. The largest absolute Gasteiger partial charge is 0.390 e. The maximum Gasteiger partial charge on any atom is 0.119 e. The minimum Gasteiger partial charge on any atom is -0.390 e. The Balaban J connectivity index is 2.47. The van der Waals surface area contributed by atoms with Gasteiger partial charge < -0.3 is 4.84 Å². The molecule has 0 saturated carbocycles. The van der Waals surface area contributed by atoms with Gasteiger partial charge in [-0.2, -0.15) is 0 Å². The van der Waals surface area contributed by atoms with Gasteiger partial charge in [-0.25, -0.2) is 5.48 Å². The SMILES string of the molecule is C=C[CH]C1=CC=CON1. The topological polar surface area (TPSA) is 21.3 Å². The van der Waals surface area contributed by atoms with E-state index in [0.29, 0.717) is 0 Å². The molecule has 0 aromatic rings. The number of nitrogens with one attached hydrogen (secondary N) is 1. The molecule has 0 amide bonds. The van der Waals surface area contributed by atoms with Gasteiger partial charge in [-0.1, -0.05) is 6.08 Å². The van der Waals surface area contributed by atoms with Crippen LogP contribution in [0.1, 0.15) is 0 Å². The van der Waals surface area contributed by atoms with E-state index in [1.807, 2.05) is 18.6 Å². The van der Waals surface area contributed by atoms with Crippen molar-refractivity contribution in [3.63, 3.8) is 0 Å². The van der Waals surface area contributed by atoms with Crippen molar-refractivity contribution in [2.75, 3.05) is 0 Å². The van der Waals surface area contributed by atoms with Crippen LogP contribution >= 0.6 is 0 Å². The lowest BCUT2D eigenvalue weighted by atomic mass is 10.3. The van der Waals surface area contributed by atoms with Crippen LogP contribution in [0.25, 0.3) is 0 Å². The molecule has 0 aromatic carbocycles. The minimum atomic E-state index is 0.910. The molecular weight excluding hydrogens is 114 g/mol. The highest BCUT2D eigenvalue weighted by Gasteiger charge is 1.93. The maximum absolute atomic E-state index is 4.76. The molecule has 2 nitrogen and oxygen atoms in total. The second-order valence-corrected chi connectivity index (χ2v) is 1.57. The summed E-state index contributed by atoms with van der Waals surface area (Å²) in [6.45, 7) is 3.54. The molecule has 0 spiro atoms. The molecule has 0 aromatic heterocycles. The van der Waals surface area contributed by atoms with Gasteiger partial charge in [0.05, 0.1) is 5.70 Å². The van der Waals surface area contributed by atoms with E-state index in [4.69, 9.17) is 4.84 Å². The van der Waals surface area contributed by atoms with E-state index in [2.05, 4.69) is 12.1 Å². The molecule has 1 heterocycles. The molecular formula is C7H8NO. The zero-order chi connectivity index (χ0) is 6.53. The van der Waals surface area contributed by atoms with E-state index >= 15 is 0 Å². The molecule has 0 atom stereocenters. The first-order chi connectivity index (χ1) is 4.43. The molecule has 9 heavy (non-hydrogen) atoms. The van der Waals surface area contributed by atoms with Crippen molar-refractivity contribution in [2.45, 2.75) is 0 Å². The van der Waals surface area contributed by atoms with Gasteiger partial charge in [-0.15, -0.1) is 6.58 Å². The van der Waals surface area contributed by atoms with E-state index < -0.39 is 0 Å². The van der Waals surface area contributed by atoms with Crippen LogP contribution in [-0.4, -0.2) is 0 Å². The Morgan fingerprint density at radius 2 is 2.56 bits per heavy atom. The molecule has 0 unspecified atom stereocenters. The van der Waals surface area contributed by atoms with Gasteiger partial charge in [0, 0.05) is 6.42 Å². The Labute approximate surface area is 54.5 Å². The van der Waals surface area contributed by atoms with Crippen LogP contribution in [0.15, 0.2) is 36.8 Å². The molecule has 1 radical (unpaired) electrons. The molecule has 1 N–H and O–H groups in total. The zero-order valence-electron chi connectivity index (χ0n) is 5.00. The summed E-state index contributed by atoms with van der Waals surface area (Å²) in [7, 11) is 0. The normalized spacial score (nSPS) is 15.3. The Morgan fingerprint density at radius 3 is 3.11 bits per heavy atom. The van der Waals surface area contributed by atoms with E-state index in [-0.39, 0.29) is 0 Å². The molecule has 47 valence electrons. The monoisotopic (exact) mass is 122 g/mol. The summed E-state index contributed by atoms with van der Waals surface area (Å²) in [5.74, 6) is 0. The summed E-state index contributed by atoms with van der Waals surface area (Å²) in [6.07, 6.45) is 8.79. The first kappa shape index (κ1) is 5.95. The van der Waals surface area contributed by atoms with Crippen molar-refractivity contribution in [3.05, 3.63) is 43.2 Å². The number of hydrogen-bond acceptors (Lipinski definition) is 2. The van der Waals surface area contributed by atoms with Crippen molar-refractivity contribution in [1.82, 2.24) is 5.48 Å². The lowest BCUT2D eigenvalue weighted by Gasteiger charge is -2.08. The van der Waals surface area contributed by atoms with Gasteiger partial charge in [-0.3, -0.25) is 0 Å². The van der Waals surface area contributed by atoms with E-state index in [1.54, 1.807) is 12.3 Å². The summed E-state index contributed by atoms with van der Waals surface area (Å²) < 4.78 is 0. The number of hydroxylamine groups is 1. The summed E-state index contributed by atoms with van der Waals surface area (Å²) in [5.41, 5.74) is 3.58. The predicted octanol–water partition coefficient (Wildman–Crippen LogP) is 1.31. The lowest BCUT2D eigenvalue weighted by Crippen LogP contribution is -2.12. The molecule has 2 heteroatoms. The summed E-state index contributed by atoms with van der Waals surface area (Å²) >= 11 is 0. The lowest BCUT2D eigenvalue weighted by molar-refractivity contribution is 0.162. The van der Waals surface area contributed by atoms with E-state index in [9.17, 15) is 0 Å². The maximum atomic E-state index is 4.76. The van der Waals surface area contributed by atoms with Crippen LogP contribution in [0.5, 0.6) is 0 Å². The fraction of sp³-hybridized carbons (Fsp3) is 0. The average molecular weight is 122 g/mol. The van der Waals surface area contributed by atoms with Crippen molar-refractivity contribution < 1.29 is 4.84 Å². The van der Waals surface area contributed by atoms with Gasteiger partial charge in [-0.05, 0) is 12.2 Å². The zero-order valence-corrected chi connectivity index (χ0v) is 5.00. The molecule has 0 aliphatic carbocycles. The van der Waals surface area contributed by atoms with Crippen LogP contribution in [0, 0.1) is 6.42 Å². The first-order valence-corrected chi connectivity index (χ1v) is 2.68. The van der Waals surface area contributed by atoms with E-state index in [0.717, 1.165) is 5.70 Å². The number of allylic oxidation sites excluding steroid dienone is 3. The quantitative estimate of drug-likeness (QED) is 0.596. The molecule has 0 fully saturated rings. The standard InChI is InChI=1S/C7H8NO/c1-2-4-7-5-3-6-9-8-7/h2-6,8H,1H2. The highest BCUT2D eigenvalue weighted by molar-refractivity contribution is 5.23. The highest BCUT2D eigenvalue weighted by atomic mass is 16.6. The van der Waals surface area contributed by atoms with Crippen molar-refractivity contribution in [2.24, 2.45) is 0 Å². The minimum absolute atomic E-state index is 0.910. The second-order valence-electron chi connectivity index (χ2n) is 1.57. The Morgan fingerprint density at radius 1 is 1.67 bits per heavy atom. The average Bonchev–Trinajstić information content (AvgIpc) is 1.91. The first-order valence-electron chi connectivity index (χ1n) is 2.68. The van der Waals surface area contributed by atoms with Crippen LogP contribution in [0.3, 0.4) is 0 Å². The Bertz CT molecular complexity index is 158. The van der Waals surface area contributed by atoms with Crippen molar-refractivity contribution in [1.29, 1.82) is 0 Å². The smallest absolute Gasteiger partial charge is 0.119 e. The van der Waals surface area contributed by atoms with Crippen LogP contribution in [-0.2, 0) is 4.84 Å².